The summed E-state index contributed by atoms with van der Waals surface area (Å²) in [5.74, 6) is 1.52. The first-order chi connectivity index (χ1) is 9.36. The quantitative estimate of drug-likeness (QED) is 0.774. The molecule has 4 heteroatoms. The summed E-state index contributed by atoms with van der Waals surface area (Å²) in [6.45, 7) is 0.708. The van der Waals surface area contributed by atoms with Crippen LogP contribution in [0.4, 0.5) is 5.82 Å². The number of ether oxygens (including phenoxy) is 1. The summed E-state index contributed by atoms with van der Waals surface area (Å²) < 4.78 is 10.5. The summed E-state index contributed by atoms with van der Waals surface area (Å²) in [4.78, 5) is 0. The van der Waals surface area contributed by atoms with E-state index in [1.54, 1.807) is 7.11 Å². The maximum absolute atomic E-state index is 5.27. The Hall–Kier alpha value is -2.49. The Bertz CT molecular complexity index is 677. The molecule has 4 nitrogen and oxygen atoms in total. The normalized spacial score (nSPS) is 10.6. The van der Waals surface area contributed by atoms with Crippen LogP contribution in [0, 0.1) is 0 Å². The lowest BCUT2D eigenvalue weighted by atomic mass is 10.2. The highest BCUT2D eigenvalue weighted by Gasteiger charge is 2.08. The molecule has 0 fully saturated rings. The van der Waals surface area contributed by atoms with Gasteiger partial charge in [0.1, 0.15) is 5.75 Å². The van der Waals surface area contributed by atoms with Crippen LogP contribution in [0.3, 0.4) is 0 Å². The predicted molar refractivity (Wildman–Crippen MR) is 74.3 cm³/mol. The molecule has 0 spiro atoms. The van der Waals surface area contributed by atoms with Gasteiger partial charge < -0.3 is 14.6 Å². The molecule has 0 atom stereocenters. The van der Waals surface area contributed by atoms with Crippen molar-refractivity contribution in [2.45, 2.75) is 6.54 Å². The Balaban J connectivity index is 1.84. The van der Waals surface area contributed by atoms with Gasteiger partial charge in [-0.2, -0.15) is 0 Å². The van der Waals surface area contributed by atoms with Crippen LogP contribution in [0.2, 0.25) is 0 Å². The molecule has 3 aromatic rings. The fourth-order valence-electron chi connectivity index (χ4n) is 1.95. The first kappa shape index (κ1) is 11.6. The summed E-state index contributed by atoms with van der Waals surface area (Å²) >= 11 is 0. The SMILES string of the molecule is COc1ccc2onc(NCc3ccccc3)c2c1. The van der Waals surface area contributed by atoms with E-state index in [1.165, 1.54) is 5.56 Å². The minimum atomic E-state index is 0.708. The lowest BCUT2D eigenvalue weighted by Crippen LogP contribution is -1.99. The Morgan fingerprint density at radius 2 is 2.00 bits per heavy atom. The molecular weight excluding hydrogens is 240 g/mol. The maximum Gasteiger partial charge on any atom is 0.177 e. The second kappa shape index (κ2) is 5.02. The molecule has 0 saturated carbocycles. The number of benzene rings is 2. The Morgan fingerprint density at radius 1 is 1.16 bits per heavy atom. The summed E-state index contributed by atoms with van der Waals surface area (Å²) in [7, 11) is 1.64. The minimum Gasteiger partial charge on any atom is -0.497 e. The van der Waals surface area contributed by atoms with E-state index in [-0.39, 0.29) is 0 Å². The highest BCUT2D eigenvalue weighted by atomic mass is 16.5. The van der Waals surface area contributed by atoms with Gasteiger partial charge in [0.15, 0.2) is 11.4 Å². The molecule has 0 unspecified atom stereocenters. The molecule has 0 radical (unpaired) electrons. The van der Waals surface area contributed by atoms with Gasteiger partial charge in [-0.25, -0.2) is 0 Å². The molecule has 2 aromatic carbocycles. The van der Waals surface area contributed by atoms with Gasteiger partial charge in [0.05, 0.1) is 12.5 Å². The van der Waals surface area contributed by atoms with Crippen molar-refractivity contribution in [3.63, 3.8) is 0 Å². The number of methoxy groups -OCH3 is 1. The highest BCUT2D eigenvalue weighted by Crippen LogP contribution is 2.27. The van der Waals surface area contributed by atoms with Crippen LogP contribution in [-0.2, 0) is 6.54 Å². The average Bonchev–Trinajstić information content (AvgIpc) is 2.88. The molecule has 1 aromatic heterocycles. The number of nitrogens with zero attached hydrogens (tertiary/aromatic N) is 1. The first-order valence-corrected chi connectivity index (χ1v) is 6.08. The van der Waals surface area contributed by atoms with Crippen LogP contribution in [0.15, 0.2) is 53.1 Å². The smallest absolute Gasteiger partial charge is 0.177 e. The maximum atomic E-state index is 5.27. The van der Waals surface area contributed by atoms with E-state index in [1.807, 2.05) is 36.4 Å². The molecular formula is C15H14N2O2. The molecule has 96 valence electrons. The van der Waals surface area contributed by atoms with Crippen LogP contribution in [0.5, 0.6) is 5.75 Å². The standard InChI is InChI=1S/C15H14N2O2/c1-18-12-7-8-14-13(9-12)15(17-19-14)16-10-11-5-3-2-4-6-11/h2-9H,10H2,1H3,(H,16,17). The zero-order chi connectivity index (χ0) is 13.1. The van der Waals surface area contributed by atoms with Crippen LogP contribution in [0.25, 0.3) is 11.0 Å². The van der Waals surface area contributed by atoms with Crippen molar-refractivity contribution in [2.75, 3.05) is 12.4 Å². The van der Waals surface area contributed by atoms with Crippen LogP contribution >= 0.6 is 0 Å². The van der Waals surface area contributed by atoms with Crippen molar-refractivity contribution in [3.8, 4) is 5.75 Å². The average molecular weight is 254 g/mol. The van der Waals surface area contributed by atoms with Gasteiger partial charge in [-0.3, -0.25) is 0 Å². The van der Waals surface area contributed by atoms with E-state index in [0.717, 1.165) is 22.5 Å². The fourth-order valence-corrected chi connectivity index (χ4v) is 1.95. The number of fused-ring (bicyclic) bond motifs is 1. The molecule has 3 rings (SSSR count). The highest BCUT2D eigenvalue weighted by molar-refractivity contribution is 5.89. The zero-order valence-electron chi connectivity index (χ0n) is 10.6. The molecule has 1 heterocycles. The molecule has 0 saturated heterocycles. The summed E-state index contributed by atoms with van der Waals surface area (Å²) in [5.41, 5.74) is 1.94. The molecule has 0 aliphatic rings. The van der Waals surface area contributed by atoms with E-state index < -0.39 is 0 Å². The third kappa shape index (κ3) is 2.38. The van der Waals surface area contributed by atoms with E-state index in [2.05, 4.69) is 22.6 Å². The lowest BCUT2D eigenvalue weighted by molar-refractivity contribution is 0.415. The van der Waals surface area contributed by atoms with Crippen LogP contribution < -0.4 is 10.1 Å². The molecule has 0 aliphatic carbocycles. The van der Waals surface area contributed by atoms with Crippen LogP contribution in [-0.4, -0.2) is 12.3 Å². The van der Waals surface area contributed by atoms with E-state index >= 15 is 0 Å². The second-order valence-corrected chi connectivity index (χ2v) is 4.23. The van der Waals surface area contributed by atoms with Gasteiger partial charge >= 0.3 is 0 Å². The summed E-state index contributed by atoms with van der Waals surface area (Å²) in [5, 5.41) is 8.25. The fraction of sp³-hybridized carbons (Fsp3) is 0.133. The minimum absolute atomic E-state index is 0.708. The number of nitrogens with one attached hydrogen (secondary N) is 1. The van der Waals surface area contributed by atoms with Crippen molar-refractivity contribution < 1.29 is 9.26 Å². The topological polar surface area (TPSA) is 47.3 Å². The Morgan fingerprint density at radius 3 is 2.79 bits per heavy atom. The first-order valence-electron chi connectivity index (χ1n) is 6.08. The van der Waals surface area contributed by atoms with Gasteiger partial charge in [-0.05, 0) is 23.8 Å². The molecule has 1 N–H and O–H groups in total. The largest absolute Gasteiger partial charge is 0.497 e. The predicted octanol–water partition coefficient (Wildman–Crippen LogP) is 3.45. The number of aromatic nitrogens is 1. The molecule has 0 amide bonds. The second-order valence-electron chi connectivity index (χ2n) is 4.23. The Kier molecular flexibility index (Phi) is 3.06. The lowest BCUT2D eigenvalue weighted by Gasteiger charge is -2.03. The zero-order valence-corrected chi connectivity index (χ0v) is 10.6. The van der Waals surface area contributed by atoms with Gasteiger partial charge in [0.25, 0.3) is 0 Å². The summed E-state index contributed by atoms with van der Waals surface area (Å²) in [6, 6.07) is 15.8. The summed E-state index contributed by atoms with van der Waals surface area (Å²) in [6.07, 6.45) is 0. The van der Waals surface area contributed by atoms with Crippen molar-refractivity contribution in [3.05, 3.63) is 54.1 Å². The van der Waals surface area contributed by atoms with Crippen molar-refractivity contribution >= 4 is 16.8 Å². The van der Waals surface area contributed by atoms with E-state index in [9.17, 15) is 0 Å². The van der Waals surface area contributed by atoms with E-state index in [0.29, 0.717) is 6.54 Å². The molecule has 0 aliphatic heterocycles. The van der Waals surface area contributed by atoms with Gasteiger partial charge in [-0.1, -0.05) is 35.5 Å². The molecule has 19 heavy (non-hydrogen) atoms. The van der Waals surface area contributed by atoms with Gasteiger partial charge in [0, 0.05) is 6.54 Å². The number of hydrogen-bond acceptors (Lipinski definition) is 4. The number of hydrogen-bond donors (Lipinski definition) is 1. The molecule has 0 bridgehead atoms. The van der Waals surface area contributed by atoms with Crippen LogP contribution in [0.1, 0.15) is 5.56 Å². The van der Waals surface area contributed by atoms with Crippen molar-refractivity contribution in [1.82, 2.24) is 5.16 Å². The third-order valence-corrected chi connectivity index (χ3v) is 2.98. The Labute approximate surface area is 111 Å². The number of rotatable bonds is 4. The van der Waals surface area contributed by atoms with Gasteiger partial charge in [-0.15, -0.1) is 0 Å². The van der Waals surface area contributed by atoms with Gasteiger partial charge in [0.2, 0.25) is 0 Å². The monoisotopic (exact) mass is 254 g/mol. The third-order valence-electron chi connectivity index (χ3n) is 2.98. The number of anilines is 1. The van der Waals surface area contributed by atoms with Crippen molar-refractivity contribution in [1.29, 1.82) is 0 Å². The van der Waals surface area contributed by atoms with Crippen molar-refractivity contribution in [2.24, 2.45) is 0 Å². The van der Waals surface area contributed by atoms with E-state index in [4.69, 9.17) is 9.26 Å².